The molecule has 1 saturated heterocycles. The highest BCUT2D eigenvalue weighted by Crippen LogP contribution is 2.31. The number of amides is 1. The van der Waals surface area contributed by atoms with E-state index >= 15 is 0 Å². The van der Waals surface area contributed by atoms with Gasteiger partial charge in [-0.25, -0.2) is 4.79 Å². The quantitative estimate of drug-likeness (QED) is 0.628. The van der Waals surface area contributed by atoms with Crippen molar-refractivity contribution in [2.45, 2.75) is 76.2 Å². The van der Waals surface area contributed by atoms with Crippen molar-refractivity contribution < 1.29 is 19.0 Å². The predicted molar refractivity (Wildman–Crippen MR) is 108 cm³/mol. The lowest BCUT2D eigenvalue weighted by Crippen LogP contribution is -2.37. The Kier molecular flexibility index (Phi) is 8.57. The fraction of sp³-hybridized carbons (Fsp3) is 0.842. The fourth-order valence-corrected chi connectivity index (χ4v) is 4.12. The van der Waals surface area contributed by atoms with Gasteiger partial charge in [0.2, 0.25) is 6.29 Å². The maximum absolute atomic E-state index is 12.3. The van der Waals surface area contributed by atoms with E-state index < -0.39 is 11.9 Å². The summed E-state index contributed by atoms with van der Waals surface area (Å²) in [6.45, 7) is 12.1. The van der Waals surface area contributed by atoms with E-state index in [-0.39, 0.29) is 6.09 Å². The SMILES string of the molecule is CCOC(OCC)c1nnc(SC2CCCN(C(=O)OC(C)(C)C)CC2)n1C. The first-order valence-electron chi connectivity index (χ1n) is 10.0. The van der Waals surface area contributed by atoms with Crippen LogP contribution in [-0.4, -0.2) is 62.9 Å². The number of hydrogen-bond donors (Lipinski definition) is 0. The van der Waals surface area contributed by atoms with Gasteiger partial charge in [-0.15, -0.1) is 10.2 Å². The standard InChI is InChI=1S/C19H34N4O4S/c1-7-25-16(26-8-2)15-20-21-17(22(15)6)28-14-10-9-12-23(13-11-14)18(24)27-19(3,4)5/h14,16H,7-13H2,1-6H3. The maximum atomic E-state index is 12.3. The number of carbonyl (C=O) groups excluding carboxylic acids is 1. The monoisotopic (exact) mass is 414 g/mol. The van der Waals surface area contributed by atoms with Crippen LogP contribution in [0.25, 0.3) is 0 Å². The molecule has 0 spiro atoms. The van der Waals surface area contributed by atoms with Crippen molar-refractivity contribution >= 4 is 17.9 Å². The highest BCUT2D eigenvalue weighted by atomic mass is 32.2. The number of rotatable bonds is 7. The summed E-state index contributed by atoms with van der Waals surface area (Å²) in [5.74, 6) is 0.676. The smallest absolute Gasteiger partial charge is 0.410 e. The summed E-state index contributed by atoms with van der Waals surface area (Å²) in [7, 11) is 1.94. The van der Waals surface area contributed by atoms with Crippen LogP contribution in [0.5, 0.6) is 0 Å². The molecule has 1 unspecified atom stereocenters. The Morgan fingerprint density at radius 3 is 2.46 bits per heavy atom. The minimum absolute atomic E-state index is 0.227. The summed E-state index contributed by atoms with van der Waals surface area (Å²) in [5, 5.41) is 9.84. The molecule has 1 aromatic heterocycles. The van der Waals surface area contributed by atoms with Gasteiger partial charge in [0.15, 0.2) is 11.0 Å². The molecule has 0 bridgehead atoms. The van der Waals surface area contributed by atoms with Gasteiger partial charge in [-0.1, -0.05) is 11.8 Å². The Morgan fingerprint density at radius 2 is 1.86 bits per heavy atom. The molecule has 9 heteroatoms. The molecule has 1 fully saturated rings. The molecule has 1 amide bonds. The van der Waals surface area contributed by atoms with Gasteiger partial charge in [0.1, 0.15) is 5.60 Å². The Bertz CT molecular complexity index is 626. The molecule has 0 aliphatic carbocycles. The molecular weight excluding hydrogens is 380 g/mol. The van der Waals surface area contributed by atoms with Gasteiger partial charge in [-0.3, -0.25) is 0 Å². The number of nitrogens with zero attached hydrogens (tertiary/aromatic N) is 4. The van der Waals surface area contributed by atoms with Crippen molar-refractivity contribution in [1.82, 2.24) is 19.7 Å². The summed E-state index contributed by atoms with van der Waals surface area (Å²) in [5.41, 5.74) is -0.468. The van der Waals surface area contributed by atoms with E-state index in [1.807, 2.05) is 51.1 Å². The molecule has 1 aliphatic rings. The average molecular weight is 415 g/mol. The third kappa shape index (κ3) is 6.63. The van der Waals surface area contributed by atoms with Crippen molar-refractivity contribution in [1.29, 1.82) is 0 Å². The first-order chi connectivity index (χ1) is 13.2. The molecular formula is C19H34N4O4S. The van der Waals surface area contributed by atoms with E-state index in [1.54, 1.807) is 11.8 Å². The van der Waals surface area contributed by atoms with E-state index in [1.165, 1.54) is 0 Å². The van der Waals surface area contributed by atoms with E-state index in [9.17, 15) is 4.79 Å². The lowest BCUT2D eigenvalue weighted by molar-refractivity contribution is -0.146. The summed E-state index contributed by atoms with van der Waals surface area (Å²) in [6.07, 6.45) is 2.13. The minimum Gasteiger partial charge on any atom is -0.444 e. The molecule has 1 aromatic rings. The second-order valence-corrected chi connectivity index (χ2v) is 9.05. The van der Waals surface area contributed by atoms with Gasteiger partial charge >= 0.3 is 6.09 Å². The topological polar surface area (TPSA) is 78.7 Å². The fourth-order valence-electron chi connectivity index (χ4n) is 2.98. The number of likely N-dealkylation sites (tertiary alicyclic amines) is 1. The van der Waals surface area contributed by atoms with E-state index in [2.05, 4.69) is 10.2 Å². The van der Waals surface area contributed by atoms with Gasteiger partial charge in [0.25, 0.3) is 0 Å². The number of hydrogen-bond acceptors (Lipinski definition) is 7. The van der Waals surface area contributed by atoms with Crippen LogP contribution in [-0.2, 0) is 21.3 Å². The van der Waals surface area contributed by atoms with Crippen LogP contribution in [0.15, 0.2) is 5.16 Å². The van der Waals surface area contributed by atoms with Crippen molar-refractivity contribution in [3.8, 4) is 0 Å². The van der Waals surface area contributed by atoms with Crippen molar-refractivity contribution in [2.24, 2.45) is 7.05 Å². The molecule has 28 heavy (non-hydrogen) atoms. The second-order valence-electron chi connectivity index (χ2n) is 7.78. The Balaban J connectivity index is 1.96. The van der Waals surface area contributed by atoms with E-state index in [0.717, 1.165) is 31.0 Å². The van der Waals surface area contributed by atoms with Crippen molar-refractivity contribution in [3.63, 3.8) is 0 Å². The van der Waals surface area contributed by atoms with Gasteiger partial charge in [0, 0.05) is 38.6 Å². The molecule has 0 N–H and O–H groups in total. The average Bonchev–Trinajstić information content (AvgIpc) is 2.81. The zero-order valence-corrected chi connectivity index (χ0v) is 18.8. The third-order valence-electron chi connectivity index (χ3n) is 4.31. The van der Waals surface area contributed by atoms with Gasteiger partial charge in [-0.05, 0) is 53.9 Å². The van der Waals surface area contributed by atoms with Crippen LogP contribution >= 0.6 is 11.8 Å². The highest BCUT2D eigenvalue weighted by molar-refractivity contribution is 7.99. The van der Waals surface area contributed by atoms with Crippen LogP contribution in [0.2, 0.25) is 0 Å². The van der Waals surface area contributed by atoms with E-state index in [4.69, 9.17) is 14.2 Å². The number of carbonyl (C=O) groups is 1. The van der Waals surface area contributed by atoms with Gasteiger partial charge < -0.3 is 23.7 Å². The summed E-state index contributed by atoms with van der Waals surface area (Å²) in [4.78, 5) is 14.1. The highest BCUT2D eigenvalue weighted by Gasteiger charge is 2.27. The Labute approximate surface area is 172 Å². The molecule has 160 valence electrons. The lowest BCUT2D eigenvalue weighted by atomic mass is 10.2. The summed E-state index contributed by atoms with van der Waals surface area (Å²) in [6, 6.07) is 0. The second kappa shape index (κ2) is 10.5. The summed E-state index contributed by atoms with van der Waals surface area (Å²) >= 11 is 1.71. The zero-order valence-electron chi connectivity index (χ0n) is 17.9. The Morgan fingerprint density at radius 1 is 1.18 bits per heavy atom. The van der Waals surface area contributed by atoms with Crippen LogP contribution in [0.1, 0.15) is 66.0 Å². The van der Waals surface area contributed by atoms with Gasteiger partial charge in [-0.2, -0.15) is 0 Å². The minimum atomic E-state index is -0.501. The first-order valence-corrected chi connectivity index (χ1v) is 10.9. The third-order valence-corrected chi connectivity index (χ3v) is 5.69. The normalized spacial score (nSPS) is 18.4. The van der Waals surface area contributed by atoms with Crippen molar-refractivity contribution in [3.05, 3.63) is 5.82 Å². The molecule has 1 aliphatic heterocycles. The van der Waals surface area contributed by atoms with E-state index in [0.29, 0.717) is 30.8 Å². The largest absolute Gasteiger partial charge is 0.444 e. The predicted octanol–water partition coefficient (Wildman–Crippen LogP) is 3.77. The number of aromatic nitrogens is 3. The molecule has 1 atom stereocenters. The molecule has 8 nitrogen and oxygen atoms in total. The van der Waals surface area contributed by atoms with Crippen LogP contribution in [0.3, 0.4) is 0 Å². The lowest BCUT2D eigenvalue weighted by Gasteiger charge is -2.26. The molecule has 2 heterocycles. The van der Waals surface area contributed by atoms with Crippen LogP contribution in [0, 0.1) is 0 Å². The first kappa shape index (κ1) is 23.0. The van der Waals surface area contributed by atoms with Crippen LogP contribution in [0.4, 0.5) is 4.79 Å². The van der Waals surface area contributed by atoms with Crippen LogP contribution < -0.4 is 0 Å². The maximum Gasteiger partial charge on any atom is 0.410 e. The Hall–Kier alpha value is -1.32. The number of ether oxygens (including phenoxy) is 3. The number of thioether (sulfide) groups is 1. The zero-order chi connectivity index (χ0) is 20.7. The molecule has 0 radical (unpaired) electrons. The van der Waals surface area contributed by atoms with Gasteiger partial charge in [0.05, 0.1) is 0 Å². The molecule has 0 aromatic carbocycles. The summed E-state index contributed by atoms with van der Waals surface area (Å²) < 4.78 is 18.7. The van der Waals surface area contributed by atoms with Crippen molar-refractivity contribution in [2.75, 3.05) is 26.3 Å². The molecule has 0 saturated carbocycles. The molecule has 2 rings (SSSR count).